The molecule has 1 aromatic heterocycles. The molecule has 2 aliphatic rings. The fourth-order valence-electron chi connectivity index (χ4n) is 3.41. The van der Waals surface area contributed by atoms with E-state index in [-0.39, 0.29) is 11.6 Å². The minimum atomic E-state index is -0.0139. The summed E-state index contributed by atoms with van der Waals surface area (Å²) in [6, 6.07) is 0.530. The molecular formula is C14H23N5O. The summed E-state index contributed by atoms with van der Waals surface area (Å²) in [5, 5.41) is 4.22. The first kappa shape index (κ1) is 13.5. The van der Waals surface area contributed by atoms with Crippen LogP contribution in [0.4, 0.5) is 4.79 Å². The molecule has 0 unspecified atom stereocenters. The number of hydrogen-bond donors (Lipinski definition) is 0. The Balaban J connectivity index is 1.79. The van der Waals surface area contributed by atoms with Gasteiger partial charge in [-0.3, -0.25) is 4.90 Å². The van der Waals surface area contributed by atoms with Crippen molar-refractivity contribution in [1.82, 2.24) is 24.6 Å². The van der Waals surface area contributed by atoms with E-state index in [4.69, 9.17) is 0 Å². The third-order valence-corrected chi connectivity index (χ3v) is 4.75. The number of hydrogen-bond acceptors (Lipinski definition) is 4. The highest BCUT2D eigenvalue weighted by Gasteiger charge is 2.52. The highest BCUT2D eigenvalue weighted by atomic mass is 16.2. The van der Waals surface area contributed by atoms with E-state index < -0.39 is 0 Å². The number of rotatable bonds is 1. The van der Waals surface area contributed by atoms with Gasteiger partial charge in [0.1, 0.15) is 11.6 Å². The predicted octanol–water partition coefficient (Wildman–Crippen LogP) is 1.42. The molecule has 1 amide bonds. The van der Waals surface area contributed by atoms with Gasteiger partial charge in [-0.2, -0.15) is 4.68 Å². The van der Waals surface area contributed by atoms with E-state index in [0.717, 1.165) is 32.5 Å². The molecule has 3 heterocycles. The van der Waals surface area contributed by atoms with Crippen LogP contribution in [0.1, 0.15) is 38.3 Å². The van der Waals surface area contributed by atoms with Crippen LogP contribution in [0.25, 0.3) is 0 Å². The summed E-state index contributed by atoms with van der Waals surface area (Å²) in [4.78, 5) is 21.3. The second kappa shape index (κ2) is 4.55. The van der Waals surface area contributed by atoms with Crippen LogP contribution < -0.4 is 0 Å². The Morgan fingerprint density at radius 2 is 1.95 bits per heavy atom. The van der Waals surface area contributed by atoms with Crippen LogP contribution in [0.15, 0.2) is 0 Å². The van der Waals surface area contributed by atoms with Gasteiger partial charge < -0.3 is 4.90 Å². The first-order valence-electron chi connectivity index (χ1n) is 7.39. The van der Waals surface area contributed by atoms with E-state index in [2.05, 4.69) is 28.8 Å². The van der Waals surface area contributed by atoms with Crippen molar-refractivity contribution in [3.05, 3.63) is 11.6 Å². The molecule has 20 heavy (non-hydrogen) atoms. The van der Waals surface area contributed by atoms with Crippen LogP contribution in [0.5, 0.6) is 0 Å². The van der Waals surface area contributed by atoms with Crippen LogP contribution in [0.2, 0.25) is 0 Å². The highest BCUT2D eigenvalue weighted by Crippen LogP contribution is 2.40. The number of amides is 1. The van der Waals surface area contributed by atoms with Crippen LogP contribution in [-0.4, -0.2) is 61.8 Å². The number of aryl methyl sites for hydroxylation is 2. The maximum atomic E-state index is 12.7. The van der Waals surface area contributed by atoms with Crippen molar-refractivity contribution >= 4 is 6.03 Å². The third-order valence-electron chi connectivity index (χ3n) is 4.75. The smallest absolute Gasteiger partial charge is 0.316 e. The summed E-state index contributed by atoms with van der Waals surface area (Å²) in [5.41, 5.74) is 0.0354. The second-order valence-electron chi connectivity index (χ2n) is 6.34. The Kier molecular flexibility index (Phi) is 3.08. The molecule has 0 aromatic carbocycles. The molecule has 0 bridgehead atoms. The van der Waals surface area contributed by atoms with E-state index >= 15 is 0 Å². The molecular weight excluding hydrogens is 254 g/mol. The van der Waals surface area contributed by atoms with Crippen molar-refractivity contribution in [2.45, 2.75) is 52.1 Å². The average Bonchev–Trinajstić information content (AvgIpc) is 2.93. The lowest BCUT2D eigenvalue weighted by molar-refractivity contribution is 0.0273. The van der Waals surface area contributed by atoms with Crippen molar-refractivity contribution < 1.29 is 4.79 Å². The molecule has 0 radical (unpaired) electrons. The van der Waals surface area contributed by atoms with Gasteiger partial charge in [0.15, 0.2) is 0 Å². The van der Waals surface area contributed by atoms with E-state index in [0.29, 0.717) is 17.7 Å². The van der Waals surface area contributed by atoms with Crippen molar-refractivity contribution in [1.29, 1.82) is 0 Å². The van der Waals surface area contributed by atoms with Crippen molar-refractivity contribution in [3.63, 3.8) is 0 Å². The Labute approximate surface area is 119 Å². The highest BCUT2D eigenvalue weighted by molar-refractivity contribution is 5.78. The molecule has 1 spiro atoms. The molecule has 2 aliphatic heterocycles. The molecule has 0 N–H and O–H groups in total. The monoisotopic (exact) mass is 277 g/mol. The Bertz CT molecular complexity index is 538. The lowest BCUT2D eigenvalue weighted by Crippen LogP contribution is -2.64. The minimum absolute atomic E-state index is 0.0139. The van der Waals surface area contributed by atoms with E-state index in [1.54, 1.807) is 0 Å². The summed E-state index contributed by atoms with van der Waals surface area (Å²) in [6.45, 7) is 11.0. The van der Waals surface area contributed by atoms with Gasteiger partial charge in [0.25, 0.3) is 0 Å². The van der Waals surface area contributed by atoms with E-state index in [9.17, 15) is 4.79 Å². The molecule has 0 aliphatic carbocycles. The lowest BCUT2D eigenvalue weighted by atomic mass is 9.84. The second-order valence-corrected chi connectivity index (χ2v) is 6.34. The standard InChI is InChI=1S/C14H23N5O/c1-10(2)17-7-5-14(9-17)6-8-18(14)13(20)19-12(4)15-11(3)16-19/h10H,5-9H2,1-4H3/t14-/m0/s1. The molecule has 2 saturated heterocycles. The van der Waals surface area contributed by atoms with Gasteiger partial charge in [-0.15, -0.1) is 5.10 Å². The fourth-order valence-corrected chi connectivity index (χ4v) is 3.41. The topological polar surface area (TPSA) is 54.3 Å². The average molecular weight is 277 g/mol. The number of nitrogens with zero attached hydrogens (tertiary/aromatic N) is 5. The van der Waals surface area contributed by atoms with Crippen molar-refractivity contribution in [3.8, 4) is 0 Å². The predicted molar refractivity (Wildman–Crippen MR) is 75.7 cm³/mol. The number of carbonyl (C=O) groups excluding carboxylic acids is 1. The van der Waals surface area contributed by atoms with Crippen LogP contribution in [0, 0.1) is 13.8 Å². The zero-order valence-corrected chi connectivity index (χ0v) is 12.8. The first-order valence-corrected chi connectivity index (χ1v) is 7.39. The third kappa shape index (κ3) is 1.93. The van der Waals surface area contributed by atoms with Crippen LogP contribution in [0.3, 0.4) is 0 Å². The minimum Gasteiger partial charge on any atom is -0.316 e. The molecule has 110 valence electrons. The summed E-state index contributed by atoms with van der Waals surface area (Å²) in [7, 11) is 0. The Hall–Kier alpha value is -1.43. The maximum Gasteiger partial charge on any atom is 0.346 e. The van der Waals surface area contributed by atoms with Crippen LogP contribution >= 0.6 is 0 Å². The molecule has 1 atom stereocenters. The number of likely N-dealkylation sites (tertiary alicyclic amines) is 2. The quantitative estimate of drug-likeness (QED) is 0.779. The summed E-state index contributed by atoms with van der Waals surface area (Å²) < 4.78 is 1.45. The first-order chi connectivity index (χ1) is 9.43. The lowest BCUT2D eigenvalue weighted by Gasteiger charge is -2.50. The molecule has 6 heteroatoms. The van der Waals surface area contributed by atoms with Gasteiger partial charge >= 0.3 is 6.03 Å². The van der Waals surface area contributed by atoms with Crippen molar-refractivity contribution in [2.24, 2.45) is 0 Å². The fraction of sp³-hybridized carbons (Fsp3) is 0.786. The number of aromatic nitrogens is 3. The van der Waals surface area contributed by atoms with Gasteiger partial charge in [-0.05, 0) is 40.5 Å². The normalized spacial score (nSPS) is 26.6. The SMILES string of the molecule is Cc1nc(C)n(C(=O)N2CC[C@]23CCN(C(C)C)C3)n1. The zero-order valence-electron chi connectivity index (χ0n) is 12.8. The van der Waals surface area contributed by atoms with E-state index in [1.807, 2.05) is 18.7 Å². The molecule has 0 saturated carbocycles. The van der Waals surface area contributed by atoms with Crippen molar-refractivity contribution in [2.75, 3.05) is 19.6 Å². The largest absolute Gasteiger partial charge is 0.346 e. The van der Waals surface area contributed by atoms with Gasteiger partial charge in [0.2, 0.25) is 0 Å². The van der Waals surface area contributed by atoms with Crippen LogP contribution in [-0.2, 0) is 0 Å². The summed E-state index contributed by atoms with van der Waals surface area (Å²) in [5.74, 6) is 1.33. The molecule has 6 nitrogen and oxygen atoms in total. The molecule has 1 aromatic rings. The van der Waals surface area contributed by atoms with Gasteiger partial charge in [-0.25, -0.2) is 9.78 Å². The Morgan fingerprint density at radius 3 is 2.40 bits per heavy atom. The summed E-state index contributed by atoms with van der Waals surface area (Å²) >= 11 is 0. The summed E-state index contributed by atoms with van der Waals surface area (Å²) in [6.07, 6.45) is 2.18. The molecule has 2 fully saturated rings. The Morgan fingerprint density at radius 1 is 1.25 bits per heavy atom. The number of carbonyl (C=O) groups is 1. The maximum absolute atomic E-state index is 12.7. The van der Waals surface area contributed by atoms with Gasteiger partial charge in [-0.1, -0.05) is 0 Å². The van der Waals surface area contributed by atoms with Gasteiger partial charge in [0, 0.05) is 25.7 Å². The zero-order chi connectivity index (χ0) is 14.5. The van der Waals surface area contributed by atoms with E-state index in [1.165, 1.54) is 4.68 Å². The van der Waals surface area contributed by atoms with Gasteiger partial charge in [0.05, 0.1) is 5.54 Å². The molecule has 3 rings (SSSR count).